The number of aromatic nitrogens is 3. The highest BCUT2D eigenvalue weighted by atomic mass is 16.5. The van der Waals surface area contributed by atoms with E-state index in [4.69, 9.17) is 0 Å². The van der Waals surface area contributed by atoms with E-state index in [-0.39, 0.29) is 12.0 Å². The van der Waals surface area contributed by atoms with E-state index in [2.05, 4.69) is 20.1 Å². The minimum atomic E-state index is -0.210. The second kappa shape index (κ2) is 6.00. The topological polar surface area (TPSA) is 68.5 Å². The fourth-order valence-electron chi connectivity index (χ4n) is 2.20. The average molecular weight is 276 g/mol. The number of fused-ring (bicyclic) bond motifs is 1. The molecule has 0 spiro atoms. The summed E-state index contributed by atoms with van der Waals surface area (Å²) in [5.41, 5.74) is 3.93. The van der Waals surface area contributed by atoms with Gasteiger partial charge in [-0.15, -0.1) is 0 Å². The van der Waals surface area contributed by atoms with Crippen LogP contribution in [0.5, 0.6) is 0 Å². The minimum absolute atomic E-state index is 0.0982. The summed E-state index contributed by atoms with van der Waals surface area (Å²) in [6.07, 6.45) is 2.22. The molecule has 2 heterocycles. The molecule has 0 amide bonds. The van der Waals surface area contributed by atoms with E-state index in [1.165, 1.54) is 7.11 Å². The molecule has 1 atom stereocenters. The van der Waals surface area contributed by atoms with Crippen LogP contribution in [0, 0.1) is 13.8 Å². The van der Waals surface area contributed by atoms with Crippen molar-refractivity contribution in [3.63, 3.8) is 0 Å². The van der Waals surface area contributed by atoms with Crippen LogP contribution >= 0.6 is 0 Å². The summed E-state index contributed by atoms with van der Waals surface area (Å²) in [7, 11) is 1.40. The number of methoxy groups -OCH3 is 1. The molecule has 0 saturated carbocycles. The van der Waals surface area contributed by atoms with Crippen molar-refractivity contribution in [3.8, 4) is 0 Å². The zero-order valence-electron chi connectivity index (χ0n) is 12.3. The number of hydrogen-bond donors (Lipinski definition) is 1. The van der Waals surface area contributed by atoms with Crippen molar-refractivity contribution in [1.29, 1.82) is 0 Å². The standard InChI is InChI=1S/C14H20N4O2/c1-9-7-13-16-8-12(11(3)18(13)17-9)10(2)15-6-5-14(19)20-4/h7-8,10,15H,5-6H2,1-4H3. The van der Waals surface area contributed by atoms with Gasteiger partial charge in [0.25, 0.3) is 0 Å². The number of nitrogens with one attached hydrogen (secondary N) is 1. The molecule has 0 saturated heterocycles. The van der Waals surface area contributed by atoms with Gasteiger partial charge in [0.2, 0.25) is 0 Å². The van der Waals surface area contributed by atoms with Gasteiger partial charge in [-0.3, -0.25) is 4.79 Å². The largest absolute Gasteiger partial charge is 0.469 e. The number of ether oxygens (including phenoxy) is 1. The van der Waals surface area contributed by atoms with E-state index in [1.54, 1.807) is 0 Å². The van der Waals surface area contributed by atoms with E-state index in [0.29, 0.717) is 13.0 Å². The Morgan fingerprint density at radius 3 is 2.95 bits per heavy atom. The number of esters is 1. The van der Waals surface area contributed by atoms with Crippen LogP contribution in [-0.4, -0.2) is 34.2 Å². The van der Waals surface area contributed by atoms with Crippen molar-refractivity contribution >= 4 is 11.6 Å². The Morgan fingerprint density at radius 2 is 2.25 bits per heavy atom. The molecule has 6 heteroatoms. The van der Waals surface area contributed by atoms with Gasteiger partial charge in [-0.25, -0.2) is 9.50 Å². The molecule has 0 aliphatic carbocycles. The lowest BCUT2D eigenvalue weighted by Crippen LogP contribution is -2.23. The molecule has 0 aliphatic rings. The van der Waals surface area contributed by atoms with E-state index in [1.807, 2.05) is 37.5 Å². The number of carbonyl (C=O) groups excluding carboxylic acids is 1. The highest BCUT2D eigenvalue weighted by molar-refractivity contribution is 5.69. The monoisotopic (exact) mass is 276 g/mol. The van der Waals surface area contributed by atoms with Gasteiger partial charge in [-0.05, 0) is 20.8 Å². The molecule has 108 valence electrons. The van der Waals surface area contributed by atoms with Gasteiger partial charge in [0.15, 0.2) is 5.65 Å². The third-order valence-corrected chi connectivity index (χ3v) is 3.36. The van der Waals surface area contributed by atoms with Crippen molar-refractivity contribution in [2.24, 2.45) is 0 Å². The maximum absolute atomic E-state index is 11.1. The molecule has 0 aromatic carbocycles. The summed E-state index contributed by atoms with van der Waals surface area (Å²) in [5.74, 6) is -0.210. The van der Waals surface area contributed by atoms with E-state index < -0.39 is 0 Å². The lowest BCUT2D eigenvalue weighted by Gasteiger charge is -2.16. The Labute approximate surface area is 118 Å². The van der Waals surface area contributed by atoms with Crippen molar-refractivity contribution < 1.29 is 9.53 Å². The number of carbonyl (C=O) groups is 1. The molecule has 1 N–H and O–H groups in total. The highest BCUT2D eigenvalue weighted by Gasteiger charge is 2.13. The SMILES string of the molecule is COC(=O)CCNC(C)c1cnc2cc(C)nn2c1C. The quantitative estimate of drug-likeness (QED) is 0.839. The smallest absolute Gasteiger partial charge is 0.306 e. The number of aryl methyl sites for hydroxylation is 2. The minimum Gasteiger partial charge on any atom is -0.469 e. The van der Waals surface area contributed by atoms with Crippen LogP contribution in [0.1, 0.15) is 36.3 Å². The summed E-state index contributed by atoms with van der Waals surface area (Å²) >= 11 is 0. The van der Waals surface area contributed by atoms with Crippen molar-refractivity contribution in [2.45, 2.75) is 33.2 Å². The highest BCUT2D eigenvalue weighted by Crippen LogP contribution is 2.17. The van der Waals surface area contributed by atoms with Crippen molar-refractivity contribution in [2.75, 3.05) is 13.7 Å². The Morgan fingerprint density at radius 1 is 1.50 bits per heavy atom. The second-order valence-electron chi connectivity index (χ2n) is 4.86. The number of hydrogen-bond acceptors (Lipinski definition) is 5. The molecular formula is C14H20N4O2. The Balaban J connectivity index is 2.11. The van der Waals surface area contributed by atoms with Gasteiger partial charge in [0.1, 0.15) is 0 Å². The predicted octanol–water partition coefficient (Wildman–Crippen LogP) is 1.56. The maximum Gasteiger partial charge on any atom is 0.306 e. The first-order valence-electron chi connectivity index (χ1n) is 6.65. The van der Waals surface area contributed by atoms with Crippen LogP contribution in [0.3, 0.4) is 0 Å². The molecule has 6 nitrogen and oxygen atoms in total. The van der Waals surface area contributed by atoms with Crippen LogP contribution in [-0.2, 0) is 9.53 Å². The zero-order chi connectivity index (χ0) is 14.7. The summed E-state index contributed by atoms with van der Waals surface area (Å²) in [5, 5.41) is 7.72. The predicted molar refractivity (Wildman–Crippen MR) is 75.5 cm³/mol. The third-order valence-electron chi connectivity index (χ3n) is 3.36. The molecule has 2 rings (SSSR count). The summed E-state index contributed by atoms with van der Waals surface area (Å²) < 4.78 is 6.47. The van der Waals surface area contributed by atoms with Crippen molar-refractivity contribution in [3.05, 3.63) is 29.2 Å². The Bertz CT molecular complexity index is 621. The average Bonchev–Trinajstić information content (AvgIpc) is 2.80. The number of rotatable bonds is 5. The van der Waals surface area contributed by atoms with Crippen LogP contribution in [0.4, 0.5) is 0 Å². The van der Waals surface area contributed by atoms with Crippen LogP contribution in [0.25, 0.3) is 5.65 Å². The fraction of sp³-hybridized carbons (Fsp3) is 0.500. The Hall–Kier alpha value is -1.95. The summed E-state index contributed by atoms with van der Waals surface area (Å²) in [6.45, 7) is 6.59. The first kappa shape index (κ1) is 14.5. The van der Waals surface area contributed by atoms with Crippen molar-refractivity contribution in [1.82, 2.24) is 19.9 Å². The molecule has 1 unspecified atom stereocenters. The molecule has 0 aliphatic heterocycles. The second-order valence-corrected chi connectivity index (χ2v) is 4.86. The fourth-order valence-corrected chi connectivity index (χ4v) is 2.20. The molecule has 20 heavy (non-hydrogen) atoms. The van der Waals surface area contributed by atoms with Gasteiger partial charge in [0, 0.05) is 36.1 Å². The van der Waals surface area contributed by atoms with Gasteiger partial charge in [-0.1, -0.05) is 0 Å². The van der Waals surface area contributed by atoms with E-state index >= 15 is 0 Å². The van der Waals surface area contributed by atoms with Gasteiger partial charge < -0.3 is 10.1 Å². The molecule has 0 radical (unpaired) electrons. The van der Waals surface area contributed by atoms with Gasteiger partial charge >= 0.3 is 5.97 Å². The van der Waals surface area contributed by atoms with Gasteiger partial charge in [-0.2, -0.15) is 5.10 Å². The van der Waals surface area contributed by atoms with Gasteiger partial charge in [0.05, 0.1) is 19.2 Å². The molecule has 2 aromatic heterocycles. The molecule has 2 aromatic rings. The summed E-state index contributed by atoms with van der Waals surface area (Å²) in [6, 6.07) is 2.05. The Kier molecular flexibility index (Phi) is 4.34. The third kappa shape index (κ3) is 2.96. The molecular weight excluding hydrogens is 256 g/mol. The maximum atomic E-state index is 11.1. The van der Waals surface area contributed by atoms with Crippen LogP contribution in [0.2, 0.25) is 0 Å². The van der Waals surface area contributed by atoms with Crippen LogP contribution in [0.15, 0.2) is 12.3 Å². The van der Waals surface area contributed by atoms with E-state index in [9.17, 15) is 4.79 Å². The zero-order valence-corrected chi connectivity index (χ0v) is 12.3. The molecule has 0 bridgehead atoms. The number of nitrogens with zero attached hydrogens (tertiary/aromatic N) is 3. The normalized spacial score (nSPS) is 12.6. The molecule has 0 fully saturated rings. The van der Waals surface area contributed by atoms with E-state index in [0.717, 1.165) is 22.6 Å². The first-order valence-corrected chi connectivity index (χ1v) is 6.65. The lowest BCUT2D eigenvalue weighted by atomic mass is 10.1. The first-order chi connectivity index (χ1) is 9.52. The van der Waals surface area contributed by atoms with Crippen LogP contribution < -0.4 is 5.32 Å². The lowest BCUT2D eigenvalue weighted by molar-refractivity contribution is -0.140. The summed E-state index contributed by atoms with van der Waals surface area (Å²) in [4.78, 5) is 15.5.